The zero-order valence-corrected chi connectivity index (χ0v) is 12.5. The number of benzene rings is 2. The van der Waals surface area contributed by atoms with Gasteiger partial charge in [-0.15, -0.1) is 0 Å². The maximum Gasteiger partial charge on any atom is 0.310 e. The van der Waals surface area contributed by atoms with Crippen molar-refractivity contribution in [1.82, 2.24) is 0 Å². The van der Waals surface area contributed by atoms with Gasteiger partial charge in [0.2, 0.25) is 5.43 Å². The van der Waals surface area contributed by atoms with Gasteiger partial charge in [0.25, 0.3) is 0 Å². The van der Waals surface area contributed by atoms with Gasteiger partial charge in [-0.25, -0.2) is 0 Å². The van der Waals surface area contributed by atoms with Crippen molar-refractivity contribution in [2.75, 3.05) is 7.11 Å². The number of ether oxygens (including phenoxy) is 1. The maximum atomic E-state index is 12.8. The summed E-state index contributed by atoms with van der Waals surface area (Å²) in [6.45, 7) is 0. The molecule has 0 radical (unpaired) electrons. The summed E-state index contributed by atoms with van der Waals surface area (Å²) < 4.78 is 10.5. The molecule has 1 heterocycles. The van der Waals surface area contributed by atoms with Gasteiger partial charge in [0.1, 0.15) is 19.0 Å². The fourth-order valence-corrected chi connectivity index (χ4v) is 2.61. The van der Waals surface area contributed by atoms with Gasteiger partial charge in [-0.1, -0.05) is 30.1 Å². The molecule has 3 rings (SSSR count). The molecule has 4 nitrogen and oxygen atoms in total. The highest BCUT2D eigenvalue weighted by Gasteiger charge is 2.14. The molecule has 5 heteroatoms. The summed E-state index contributed by atoms with van der Waals surface area (Å²) in [5.41, 5.74) is 2.64. The SMILES string of the molecule is BCc1ccc2oc3cccc(CC(=O)OC)c3c(=O)c2c1. The molecule has 0 aliphatic rings. The van der Waals surface area contributed by atoms with Gasteiger partial charge in [-0.3, -0.25) is 9.59 Å². The van der Waals surface area contributed by atoms with Crippen molar-refractivity contribution in [3.05, 3.63) is 57.7 Å². The van der Waals surface area contributed by atoms with Crippen LogP contribution in [0.1, 0.15) is 11.1 Å². The van der Waals surface area contributed by atoms with Crippen molar-refractivity contribution in [3.8, 4) is 0 Å². The van der Waals surface area contributed by atoms with Crippen LogP contribution in [-0.4, -0.2) is 20.9 Å². The summed E-state index contributed by atoms with van der Waals surface area (Å²) in [5.74, 6) is -0.380. The molecule has 0 aliphatic heterocycles. The van der Waals surface area contributed by atoms with E-state index in [1.165, 1.54) is 7.11 Å². The van der Waals surface area contributed by atoms with Crippen LogP contribution >= 0.6 is 0 Å². The van der Waals surface area contributed by atoms with E-state index < -0.39 is 0 Å². The molecule has 110 valence electrons. The highest BCUT2D eigenvalue weighted by Crippen LogP contribution is 2.22. The Morgan fingerprint density at radius 2 is 2.05 bits per heavy atom. The number of carbonyl (C=O) groups is 1. The first-order valence-electron chi connectivity index (χ1n) is 7.18. The van der Waals surface area contributed by atoms with E-state index in [0.29, 0.717) is 27.5 Å². The molecule has 0 atom stereocenters. The fraction of sp³-hybridized carbons (Fsp3) is 0.176. The van der Waals surface area contributed by atoms with E-state index in [2.05, 4.69) is 0 Å². The van der Waals surface area contributed by atoms with E-state index in [1.807, 2.05) is 26.0 Å². The third-order valence-corrected chi connectivity index (χ3v) is 3.82. The minimum Gasteiger partial charge on any atom is -0.469 e. The second-order valence-corrected chi connectivity index (χ2v) is 5.16. The van der Waals surface area contributed by atoms with E-state index >= 15 is 0 Å². The summed E-state index contributed by atoms with van der Waals surface area (Å²) >= 11 is 0. The number of hydrogen-bond acceptors (Lipinski definition) is 4. The molecular formula is C17H15BO4. The lowest BCUT2D eigenvalue weighted by Gasteiger charge is -2.07. The minimum absolute atomic E-state index is 0.0531. The summed E-state index contributed by atoms with van der Waals surface area (Å²) in [4.78, 5) is 24.4. The molecule has 0 N–H and O–H groups in total. The van der Waals surface area contributed by atoms with E-state index in [0.717, 1.165) is 11.9 Å². The number of fused-ring (bicyclic) bond motifs is 2. The van der Waals surface area contributed by atoms with Gasteiger partial charge in [0.05, 0.1) is 24.3 Å². The summed E-state index contributed by atoms with van der Waals surface area (Å²) in [7, 11) is 3.37. The van der Waals surface area contributed by atoms with Crippen LogP contribution < -0.4 is 5.43 Å². The number of carbonyl (C=O) groups excluding carboxylic acids is 1. The Morgan fingerprint density at radius 3 is 2.77 bits per heavy atom. The first kappa shape index (κ1) is 14.4. The van der Waals surface area contributed by atoms with Crippen molar-refractivity contribution in [2.45, 2.75) is 12.7 Å². The van der Waals surface area contributed by atoms with Gasteiger partial charge in [-0.05, 0) is 23.8 Å². The van der Waals surface area contributed by atoms with Crippen LogP contribution in [0.3, 0.4) is 0 Å². The Kier molecular flexibility index (Phi) is 3.71. The second kappa shape index (κ2) is 5.68. The molecule has 0 bridgehead atoms. The summed E-state index contributed by atoms with van der Waals surface area (Å²) in [6, 6.07) is 10.9. The lowest BCUT2D eigenvalue weighted by molar-refractivity contribution is -0.139. The predicted octanol–water partition coefficient (Wildman–Crippen LogP) is 1.79. The third kappa shape index (κ3) is 2.39. The van der Waals surface area contributed by atoms with E-state index in [4.69, 9.17) is 9.15 Å². The van der Waals surface area contributed by atoms with Crippen molar-refractivity contribution in [3.63, 3.8) is 0 Å². The van der Waals surface area contributed by atoms with Crippen LogP contribution in [0.25, 0.3) is 21.9 Å². The molecule has 2 aromatic carbocycles. The van der Waals surface area contributed by atoms with Crippen LogP contribution in [0.4, 0.5) is 0 Å². The number of methoxy groups -OCH3 is 1. The van der Waals surface area contributed by atoms with Crippen LogP contribution in [0.15, 0.2) is 45.6 Å². The Morgan fingerprint density at radius 1 is 1.23 bits per heavy atom. The largest absolute Gasteiger partial charge is 0.469 e. The fourth-order valence-electron chi connectivity index (χ4n) is 2.61. The Balaban J connectivity index is 2.33. The zero-order valence-electron chi connectivity index (χ0n) is 12.5. The molecule has 0 spiro atoms. The first-order chi connectivity index (χ1) is 10.6. The Labute approximate surface area is 128 Å². The average Bonchev–Trinajstić information content (AvgIpc) is 2.54. The molecule has 1 aromatic heterocycles. The van der Waals surface area contributed by atoms with E-state index in [-0.39, 0.29) is 17.8 Å². The van der Waals surface area contributed by atoms with Crippen molar-refractivity contribution < 1.29 is 13.9 Å². The first-order valence-corrected chi connectivity index (χ1v) is 7.18. The molecular weight excluding hydrogens is 279 g/mol. The van der Waals surface area contributed by atoms with Crippen molar-refractivity contribution >= 4 is 35.8 Å². The van der Waals surface area contributed by atoms with Crippen LogP contribution in [0, 0.1) is 0 Å². The second-order valence-electron chi connectivity index (χ2n) is 5.16. The van der Waals surface area contributed by atoms with Crippen molar-refractivity contribution in [1.29, 1.82) is 0 Å². The van der Waals surface area contributed by atoms with Gasteiger partial charge in [0, 0.05) is 0 Å². The predicted molar refractivity (Wildman–Crippen MR) is 88.0 cm³/mol. The van der Waals surface area contributed by atoms with E-state index in [9.17, 15) is 9.59 Å². The van der Waals surface area contributed by atoms with E-state index in [1.54, 1.807) is 18.2 Å². The lowest BCUT2D eigenvalue weighted by atomic mass is 9.95. The highest BCUT2D eigenvalue weighted by atomic mass is 16.5. The van der Waals surface area contributed by atoms with Gasteiger partial charge in [0.15, 0.2) is 0 Å². The standard InChI is InChI=1S/C17H15BO4/c1-21-15(19)8-11-3-2-4-14-16(11)17(20)12-7-10(9-18)5-6-13(12)22-14/h2-7H,8-9,18H2,1H3. The number of esters is 1. The number of rotatable bonds is 3. The smallest absolute Gasteiger partial charge is 0.310 e. The Bertz CT molecular complexity index is 927. The Hall–Kier alpha value is -2.56. The van der Waals surface area contributed by atoms with Gasteiger partial charge >= 0.3 is 5.97 Å². The molecule has 0 saturated carbocycles. The average molecular weight is 294 g/mol. The zero-order chi connectivity index (χ0) is 15.7. The molecule has 0 unspecified atom stereocenters. The molecule has 0 fully saturated rings. The normalized spacial score (nSPS) is 11.0. The monoisotopic (exact) mass is 294 g/mol. The third-order valence-electron chi connectivity index (χ3n) is 3.82. The highest BCUT2D eigenvalue weighted by molar-refractivity contribution is 6.08. The topological polar surface area (TPSA) is 56.5 Å². The molecule has 0 aliphatic carbocycles. The van der Waals surface area contributed by atoms with Crippen LogP contribution in [-0.2, 0) is 22.3 Å². The molecule has 0 saturated heterocycles. The molecule has 22 heavy (non-hydrogen) atoms. The van der Waals surface area contributed by atoms with Gasteiger partial charge < -0.3 is 9.15 Å². The maximum absolute atomic E-state index is 12.8. The molecule has 3 aromatic rings. The van der Waals surface area contributed by atoms with Crippen molar-refractivity contribution in [2.24, 2.45) is 0 Å². The minimum atomic E-state index is -0.380. The van der Waals surface area contributed by atoms with Crippen LogP contribution in [0.2, 0.25) is 0 Å². The van der Waals surface area contributed by atoms with Gasteiger partial charge in [-0.2, -0.15) is 0 Å². The lowest BCUT2D eigenvalue weighted by Crippen LogP contribution is -2.10. The quantitative estimate of drug-likeness (QED) is 0.420. The summed E-state index contributed by atoms with van der Waals surface area (Å²) in [5, 5.41) is 0.998. The number of hydrogen-bond donors (Lipinski definition) is 0. The van der Waals surface area contributed by atoms with Crippen LogP contribution in [0.5, 0.6) is 0 Å². The summed E-state index contributed by atoms with van der Waals surface area (Å²) in [6.07, 6.45) is 0.898. The molecule has 0 amide bonds.